The van der Waals surface area contributed by atoms with Crippen molar-refractivity contribution in [2.24, 2.45) is 0 Å². The van der Waals surface area contributed by atoms with Crippen LogP contribution >= 0.6 is 11.6 Å². The zero-order valence-electron chi connectivity index (χ0n) is 20.9. The molecule has 2 amide bonds. The van der Waals surface area contributed by atoms with E-state index in [1.807, 2.05) is 19.9 Å². The molecule has 1 N–H and O–H groups in total. The maximum atomic E-state index is 13.7. The van der Waals surface area contributed by atoms with Gasteiger partial charge in [-0.15, -0.1) is 11.6 Å². The molecule has 7 nitrogen and oxygen atoms in total. The van der Waals surface area contributed by atoms with Crippen molar-refractivity contribution in [3.05, 3.63) is 23.8 Å². The van der Waals surface area contributed by atoms with E-state index in [2.05, 4.69) is 5.32 Å². The van der Waals surface area contributed by atoms with Crippen molar-refractivity contribution in [2.45, 2.75) is 77.3 Å². The number of alkyl halides is 1. The summed E-state index contributed by atoms with van der Waals surface area (Å²) in [7, 11) is 1.57. The minimum absolute atomic E-state index is 0.114. The second-order valence-electron chi connectivity index (χ2n) is 8.63. The average Bonchev–Trinajstić information content (AvgIpc) is 3.12. The fourth-order valence-electron chi connectivity index (χ4n) is 4.32. The minimum Gasteiger partial charge on any atom is -0.493 e. The highest BCUT2D eigenvalue weighted by molar-refractivity contribution is 6.27. The lowest BCUT2D eigenvalue weighted by molar-refractivity contribution is -0.139. The highest BCUT2D eigenvalue weighted by atomic mass is 35.5. The first-order chi connectivity index (χ1) is 16.5. The number of carbonyl (C=O) groups excluding carboxylic acids is 2. The van der Waals surface area contributed by atoms with Gasteiger partial charge in [-0.3, -0.25) is 9.59 Å². The fraction of sp³-hybridized carbons (Fsp3) is 0.692. The van der Waals surface area contributed by atoms with E-state index in [9.17, 15) is 9.59 Å². The molecule has 1 aliphatic rings. The predicted octanol–water partition coefficient (Wildman–Crippen LogP) is 4.86. The number of amides is 2. The second kappa shape index (κ2) is 15.8. The summed E-state index contributed by atoms with van der Waals surface area (Å²) in [5.41, 5.74) is 0.668. The van der Waals surface area contributed by atoms with Crippen LogP contribution in [0.1, 0.15) is 76.8 Å². The number of benzene rings is 1. The number of methoxy groups -OCH3 is 1. The first kappa shape index (κ1) is 28.2. The highest BCUT2D eigenvalue weighted by Crippen LogP contribution is 2.33. The second-order valence-corrected chi connectivity index (χ2v) is 8.90. The Hall–Kier alpha value is -1.99. The lowest BCUT2D eigenvalue weighted by Gasteiger charge is -2.32. The number of ether oxygens (including phenoxy) is 3. The fourth-order valence-corrected chi connectivity index (χ4v) is 4.47. The molecule has 0 heterocycles. The molecule has 0 aliphatic heterocycles. The Bertz CT molecular complexity index is 753. The maximum absolute atomic E-state index is 13.7. The molecule has 1 atom stereocenters. The van der Waals surface area contributed by atoms with Crippen LogP contribution in [-0.4, -0.2) is 62.1 Å². The number of halogens is 1. The molecule has 0 unspecified atom stereocenters. The number of rotatable bonds is 14. The van der Waals surface area contributed by atoms with Gasteiger partial charge in [0.25, 0.3) is 0 Å². The molecule has 0 radical (unpaired) electrons. The summed E-state index contributed by atoms with van der Waals surface area (Å²) in [5.74, 6) is 0.473. The molecule has 0 spiro atoms. The minimum atomic E-state index is -0.815. The van der Waals surface area contributed by atoms with E-state index in [0.29, 0.717) is 49.8 Å². The van der Waals surface area contributed by atoms with Crippen LogP contribution in [0.25, 0.3) is 0 Å². The van der Waals surface area contributed by atoms with Crippen LogP contribution in [-0.2, 0) is 14.3 Å². The number of nitrogens with one attached hydrogen (secondary N) is 1. The van der Waals surface area contributed by atoms with E-state index in [0.717, 1.165) is 32.1 Å². The maximum Gasteiger partial charge on any atom is 0.247 e. The Morgan fingerprint density at radius 1 is 1.12 bits per heavy atom. The molecule has 0 saturated heterocycles. The number of nitrogens with zero attached hydrogens (tertiary/aromatic N) is 1. The van der Waals surface area contributed by atoms with E-state index in [-0.39, 0.29) is 23.7 Å². The Balaban J connectivity index is 2.37. The Morgan fingerprint density at radius 2 is 1.85 bits per heavy atom. The van der Waals surface area contributed by atoms with Gasteiger partial charge in [0.15, 0.2) is 11.5 Å². The van der Waals surface area contributed by atoms with E-state index in [4.69, 9.17) is 25.8 Å². The number of hydrogen-bond donors (Lipinski definition) is 1. The molecule has 2 rings (SSSR count). The van der Waals surface area contributed by atoms with Gasteiger partial charge in [-0.25, -0.2) is 0 Å². The average molecular weight is 497 g/mol. The zero-order chi connectivity index (χ0) is 24.8. The van der Waals surface area contributed by atoms with Crippen molar-refractivity contribution >= 4 is 23.4 Å². The van der Waals surface area contributed by atoms with Crippen LogP contribution in [0.4, 0.5) is 0 Å². The Labute approximate surface area is 209 Å². The van der Waals surface area contributed by atoms with Crippen molar-refractivity contribution in [2.75, 3.05) is 39.4 Å². The van der Waals surface area contributed by atoms with Crippen molar-refractivity contribution in [3.8, 4) is 11.5 Å². The lowest BCUT2D eigenvalue weighted by Crippen LogP contribution is -2.47. The summed E-state index contributed by atoms with van der Waals surface area (Å²) >= 11 is 5.98. The number of carbonyl (C=O) groups is 2. The first-order valence-electron chi connectivity index (χ1n) is 12.6. The summed E-state index contributed by atoms with van der Waals surface area (Å²) in [4.78, 5) is 28.2. The smallest absolute Gasteiger partial charge is 0.247 e. The molecule has 1 saturated carbocycles. The molecule has 1 aromatic rings. The van der Waals surface area contributed by atoms with Crippen molar-refractivity contribution < 1.29 is 23.8 Å². The van der Waals surface area contributed by atoms with Crippen LogP contribution in [0.15, 0.2) is 18.2 Å². The molecular formula is C26H41ClN2O5. The van der Waals surface area contributed by atoms with Crippen LogP contribution in [0.2, 0.25) is 0 Å². The van der Waals surface area contributed by atoms with E-state index < -0.39 is 6.04 Å². The normalized spacial score (nSPS) is 15.3. The third-order valence-electron chi connectivity index (χ3n) is 6.05. The van der Waals surface area contributed by atoms with Gasteiger partial charge in [0.05, 0.1) is 13.7 Å². The van der Waals surface area contributed by atoms with Crippen LogP contribution in [0.5, 0.6) is 11.5 Å². The van der Waals surface area contributed by atoms with Gasteiger partial charge in [0.2, 0.25) is 11.8 Å². The van der Waals surface area contributed by atoms with Crippen molar-refractivity contribution in [1.82, 2.24) is 10.2 Å². The molecule has 192 valence electrons. The summed E-state index contributed by atoms with van der Waals surface area (Å²) < 4.78 is 16.8. The predicted molar refractivity (Wildman–Crippen MR) is 135 cm³/mol. The Morgan fingerprint density at radius 3 is 2.47 bits per heavy atom. The van der Waals surface area contributed by atoms with Gasteiger partial charge in [0.1, 0.15) is 11.9 Å². The van der Waals surface area contributed by atoms with Gasteiger partial charge in [-0.1, -0.05) is 38.7 Å². The van der Waals surface area contributed by atoms with E-state index in [1.54, 1.807) is 24.1 Å². The third kappa shape index (κ3) is 8.66. The quantitative estimate of drug-likeness (QED) is 0.226. The molecule has 8 heteroatoms. The van der Waals surface area contributed by atoms with Gasteiger partial charge in [0, 0.05) is 25.8 Å². The molecule has 1 aliphatic carbocycles. The van der Waals surface area contributed by atoms with Crippen LogP contribution in [0, 0.1) is 0 Å². The topological polar surface area (TPSA) is 77.1 Å². The molecule has 0 aromatic heterocycles. The highest BCUT2D eigenvalue weighted by Gasteiger charge is 2.33. The summed E-state index contributed by atoms with van der Waals surface area (Å²) in [6.45, 7) is 6.00. The Kier molecular flexibility index (Phi) is 13.1. The monoisotopic (exact) mass is 496 g/mol. The van der Waals surface area contributed by atoms with Gasteiger partial charge in [-0.2, -0.15) is 0 Å². The molecule has 1 fully saturated rings. The first-order valence-corrected chi connectivity index (χ1v) is 13.1. The van der Waals surface area contributed by atoms with Gasteiger partial charge in [-0.05, 0) is 50.3 Å². The lowest BCUT2D eigenvalue weighted by atomic mass is 10.0. The number of hydrogen-bond acceptors (Lipinski definition) is 5. The standard InChI is InChI=1S/C26H41ClN2O5/c1-4-16-34-22-14-13-20(18-23(22)32-3)25(26(31)28-21-11-8-6-7-9-12-21)29(24(30)19-27)15-10-17-33-5-2/h13-14,18,21,25H,4-12,15-17,19H2,1-3H3,(H,28,31)/t25-/m1/s1. The van der Waals surface area contributed by atoms with Crippen molar-refractivity contribution in [3.63, 3.8) is 0 Å². The van der Waals surface area contributed by atoms with Crippen molar-refractivity contribution in [1.29, 1.82) is 0 Å². The third-order valence-corrected chi connectivity index (χ3v) is 6.28. The molecule has 34 heavy (non-hydrogen) atoms. The molecule has 0 bridgehead atoms. The summed E-state index contributed by atoms with van der Waals surface area (Å²) in [6, 6.07) is 4.73. The summed E-state index contributed by atoms with van der Waals surface area (Å²) in [6.07, 6.45) is 7.99. The van der Waals surface area contributed by atoms with Gasteiger partial charge >= 0.3 is 0 Å². The van der Waals surface area contributed by atoms with E-state index >= 15 is 0 Å². The molecular weight excluding hydrogens is 456 g/mol. The van der Waals surface area contributed by atoms with Crippen LogP contribution < -0.4 is 14.8 Å². The SMILES string of the molecule is CCCOc1ccc([C@H](C(=O)NC2CCCCCC2)N(CCCOCC)C(=O)CCl)cc1OC. The largest absolute Gasteiger partial charge is 0.493 e. The zero-order valence-corrected chi connectivity index (χ0v) is 21.7. The van der Waals surface area contributed by atoms with Crippen LogP contribution in [0.3, 0.4) is 0 Å². The van der Waals surface area contributed by atoms with Gasteiger partial charge < -0.3 is 24.4 Å². The molecule has 1 aromatic carbocycles. The summed E-state index contributed by atoms with van der Waals surface area (Å²) in [5, 5.41) is 3.23. The van der Waals surface area contributed by atoms with E-state index in [1.165, 1.54) is 12.8 Å².